The van der Waals surface area contributed by atoms with Crippen LogP contribution in [0.5, 0.6) is 5.75 Å². The number of rotatable bonds is 3. The van der Waals surface area contributed by atoms with Crippen molar-refractivity contribution in [2.24, 2.45) is 0 Å². The first-order chi connectivity index (χ1) is 15.6. The second-order valence-corrected chi connectivity index (χ2v) is 7.67. The minimum absolute atomic E-state index is 0.242. The Labute approximate surface area is 185 Å². The Balaban J connectivity index is 1.59. The van der Waals surface area contributed by atoms with Crippen LogP contribution >= 0.6 is 0 Å². The molecular weight excluding hydrogens is 405 g/mol. The van der Waals surface area contributed by atoms with Crippen molar-refractivity contribution in [3.05, 3.63) is 114 Å². The lowest BCUT2D eigenvalue weighted by Crippen LogP contribution is -2.37. The Bertz CT molecular complexity index is 1250. The number of nitrogens with one attached hydrogen (secondary N) is 1. The number of nitrogens with zero attached hydrogens (tertiary/aromatic N) is 2. The first kappa shape index (κ1) is 19.9. The van der Waals surface area contributed by atoms with Gasteiger partial charge in [-0.05, 0) is 65.7 Å². The Morgan fingerprint density at radius 3 is 2.47 bits per heavy atom. The Morgan fingerprint density at radius 2 is 1.72 bits per heavy atom. The van der Waals surface area contributed by atoms with Crippen molar-refractivity contribution in [1.29, 1.82) is 0 Å². The molecule has 1 aliphatic rings. The van der Waals surface area contributed by atoms with Crippen LogP contribution in [-0.4, -0.2) is 22.6 Å². The molecule has 6 heteroatoms. The van der Waals surface area contributed by atoms with Gasteiger partial charge in [0.15, 0.2) is 0 Å². The van der Waals surface area contributed by atoms with Gasteiger partial charge < -0.3 is 19.5 Å². The van der Waals surface area contributed by atoms with Gasteiger partial charge >= 0.3 is 6.03 Å². The fourth-order valence-corrected chi connectivity index (χ4v) is 4.20. The van der Waals surface area contributed by atoms with Crippen molar-refractivity contribution < 1.29 is 13.9 Å². The quantitative estimate of drug-likeness (QED) is 0.452. The van der Waals surface area contributed by atoms with E-state index in [0.717, 1.165) is 22.5 Å². The molecule has 32 heavy (non-hydrogen) atoms. The van der Waals surface area contributed by atoms with Crippen molar-refractivity contribution in [3.63, 3.8) is 0 Å². The Morgan fingerprint density at radius 1 is 0.969 bits per heavy atom. The molecule has 2 amide bonds. The summed E-state index contributed by atoms with van der Waals surface area (Å²) in [6.45, 7) is 0.405. The molecule has 4 aromatic rings. The second kappa shape index (κ2) is 8.23. The van der Waals surface area contributed by atoms with Crippen molar-refractivity contribution in [2.45, 2.75) is 12.6 Å². The minimum Gasteiger partial charge on any atom is -0.497 e. The molecule has 2 heterocycles. The van der Waals surface area contributed by atoms with Gasteiger partial charge in [-0.3, -0.25) is 0 Å². The van der Waals surface area contributed by atoms with Gasteiger partial charge in [0.25, 0.3) is 0 Å². The van der Waals surface area contributed by atoms with Crippen LogP contribution in [0.4, 0.5) is 14.9 Å². The average molecular weight is 427 g/mol. The topological polar surface area (TPSA) is 46.5 Å². The molecule has 0 aliphatic carbocycles. The fourth-order valence-electron chi connectivity index (χ4n) is 4.20. The summed E-state index contributed by atoms with van der Waals surface area (Å²) < 4.78 is 21.0. The summed E-state index contributed by atoms with van der Waals surface area (Å²) in [6.07, 6.45) is 2.00. The Kier molecular flexibility index (Phi) is 5.11. The number of urea groups is 1. The minimum atomic E-state index is -0.392. The number of para-hydroxylation sites is 1. The highest BCUT2D eigenvalue weighted by molar-refractivity contribution is 5.90. The number of fused-ring (bicyclic) bond motifs is 3. The van der Waals surface area contributed by atoms with Crippen LogP contribution in [0.25, 0.3) is 5.69 Å². The molecule has 5 nitrogen and oxygen atoms in total. The molecule has 0 spiro atoms. The number of carbonyl (C=O) groups excluding carboxylic acids is 1. The number of aromatic nitrogens is 1. The summed E-state index contributed by atoms with van der Waals surface area (Å²) in [4.78, 5) is 15.4. The molecule has 1 N–H and O–H groups in total. The van der Waals surface area contributed by atoms with Crippen molar-refractivity contribution in [2.75, 3.05) is 12.4 Å². The molecule has 1 unspecified atom stereocenters. The van der Waals surface area contributed by atoms with E-state index in [-0.39, 0.29) is 11.8 Å². The number of anilines is 1. The van der Waals surface area contributed by atoms with Crippen LogP contribution < -0.4 is 10.1 Å². The van der Waals surface area contributed by atoms with E-state index in [9.17, 15) is 9.18 Å². The lowest BCUT2D eigenvalue weighted by atomic mass is 10.0. The van der Waals surface area contributed by atoms with Gasteiger partial charge in [0, 0.05) is 17.6 Å². The number of methoxy groups -OCH3 is 1. The summed E-state index contributed by atoms with van der Waals surface area (Å²) in [6, 6.07) is 24.9. The fraction of sp³-hybridized carbons (Fsp3) is 0.115. The number of hydrogen-bond donors (Lipinski definition) is 1. The molecule has 0 bridgehead atoms. The molecule has 0 radical (unpaired) electrons. The van der Waals surface area contributed by atoms with E-state index in [2.05, 4.69) is 9.88 Å². The zero-order valence-electron chi connectivity index (χ0n) is 17.5. The van der Waals surface area contributed by atoms with Crippen molar-refractivity contribution >= 4 is 11.7 Å². The lowest BCUT2D eigenvalue weighted by molar-refractivity contribution is 0.194. The van der Waals surface area contributed by atoms with Crippen LogP contribution in [0.2, 0.25) is 0 Å². The lowest BCUT2D eigenvalue weighted by Gasteiger charge is -2.31. The first-order valence-corrected chi connectivity index (χ1v) is 10.4. The molecule has 1 atom stereocenters. The maximum Gasteiger partial charge on any atom is 0.322 e. The molecule has 160 valence electrons. The number of ether oxygens (including phenoxy) is 1. The zero-order valence-corrected chi connectivity index (χ0v) is 17.5. The van der Waals surface area contributed by atoms with Gasteiger partial charge in [-0.25, -0.2) is 9.18 Å². The standard InChI is InChI=1S/C26H22FN3O2/c1-32-22-14-12-21(13-15-22)28-26(31)30-17-19-5-2-3-6-23(19)29-16-4-7-24(29)25(30)18-8-10-20(27)11-9-18/h2-16,25H,17H2,1H3,(H,28,31). The predicted octanol–water partition coefficient (Wildman–Crippen LogP) is 5.76. The van der Waals surface area contributed by atoms with Crippen LogP contribution in [0.1, 0.15) is 22.9 Å². The van der Waals surface area contributed by atoms with Gasteiger partial charge in [0.1, 0.15) is 11.6 Å². The van der Waals surface area contributed by atoms with Crippen LogP contribution in [0, 0.1) is 5.82 Å². The largest absolute Gasteiger partial charge is 0.497 e. The van der Waals surface area contributed by atoms with Gasteiger partial charge in [0.05, 0.1) is 25.4 Å². The number of benzene rings is 3. The maximum absolute atomic E-state index is 13.7. The number of hydrogen-bond acceptors (Lipinski definition) is 2. The highest BCUT2D eigenvalue weighted by atomic mass is 19.1. The molecule has 3 aromatic carbocycles. The highest BCUT2D eigenvalue weighted by Gasteiger charge is 2.33. The van der Waals surface area contributed by atoms with Crippen LogP contribution in [0.15, 0.2) is 91.1 Å². The molecule has 1 aliphatic heterocycles. The van der Waals surface area contributed by atoms with E-state index < -0.39 is 6.04 Å². The molecule has 0 fully saturated rings. The summed E-state index contributed by atoms with van der Waals surface area (Å²) in [5, 5.41) is 3.00. The van der Waals surface area contributed by atoms with Crippen LogP contribution in [-0.2, 0) is 6.54 Å². The van der Waals surface area contributed by atoms with Gasteiger partial charge in [-0.1, -0.05) is 30.3 Å². The van der Waals surface area contributed by atoms with E-state index in [1.165, 1.54) is 12.1 Å². The third-order valence-electron chi connectivity index (χ3n) is 5.75. The normalized spacial score (nSPS) is 14.8. The number of halogens is 1. The van der Waals surface area contributed by atoms with E-state index >= 15 is 0 Å². The molecule has 0 saturated carbocycles. The molecule has 0 saturated heterocycles. The first-order valence-electron chi connectivity index (χ1n) is 10.4. The average Bonchev–Trinajstić information content (AvgIpc) is 3.25. The maximum atomic E-state index is 13.7. The van der Waals surface area contributed by atoms with Crippen molar-refractivity contribution in [1.82, 2.24) is 9.47 Å². The van der Waals surface area contributed by atoms with Gasteiger partial charge in [-0.15, -0.1) is 0 Å². The van der Waals surface area contributed by atoms with Crippen LogP contribution in [0.3, 0.4) is 0 Å². The predicted molar refractivity (Wildman–Crippen MR) is 122 cm³/mol. The highest BCUT2D eigenvalue weighted by Crippen LogP contribution is 2.37. The Hall–Kier alpha value is -4.06. The smallest absolute Gasteiger partial charge is 0.322 e. The monoisotopic (exact) mass is 427 g/mol. The summed E-state index contributed by atoms with van der Waals surface area (Å²) in [5.74, 6) is 0.406. The summed E-state index contributed by atoms with van der Waals surface area (Å²) >= 11 is 0. The van der Waals surface area contributed by atoms with Crippen molar-refractivity contribution in [3.8, 4) is 11.4 Å². The third kappa shape index (κ3) is 3.60. The molecule has 1 aromatic heterocycles. The summed E-state index contributed by atoms with van der Waals surface area (Å²) in [5.41, 5.74) is 4.50. The number of carbonyl (C=O) groups is 1. The van der Waals surface area contributed by atoms with E-state index in [1.807, 2.05) is 42.6 Å². The molecule has 5 rings (SSSR count). The van der Waals surface area contributed by atoms with Gasteiger partial charge in [0.2, 0.25) is 0 Å². The molecular formula is C26H22FN3O2. The second-order valence-electron chi connectivity index (χ2n) is 7.67. The van der Waals surface area contributed by atoms with E-state index in [4.69, 9.17) is 4.74 Å². The van der Waals surface area contributed by atoms with Gasteiger partial charge in [-0.2, -0.15) is 0 Å². The van der Waals surface area contributed by atoms with E-state index in [0.29, 0.717) is 18.0 Å². The van der Waals surface area contributed by atoms with E-state index in [1.54, 1.807) is 48.4 Å². The SMILES string of the molecule is COc1ccc(NC(=O)N2Cc3ccccc3-n3cccc3C2c2ccc(F)cc2)cc1. The summed E-state index contributed by atoms with van der Waals surface area (Å²) in [7, 11) is 1.60. The third-order valence-corrected chi connectivity index (χ3v) is 5.75. The number of amides is 2. The zero-order chi connectivity index (χ0) is 22.1.